The van der Waals surface area contributed by atoms with Crippen LogP contribution in [-0.2, 0) is 28.6 Å². The fraction of sp³-hybridized carbons (Fsp3) is 0.600. The number of ether oxygens (including phenoxy) is 3. The van der Waals surface area contributed by atoms with Crippen LogP contribution in [0, 0.1) is 40.4 Å². The van der Waals surface area contributed by atoms with E-state index < -0.39 is 76.6 Å². The molecule has 1 amide bonds. The zero-order chi connectivity index (χ0) is 43.6. The van der Waals surface area contributed by atoms with E-state index in [2.05, 4.69) is 41.5 Å². The third-order valence-electron chi connectivity index (χ3n) is 14.5. The molecular formula is C45H55Cl3N2O10. The van der Waals surface area contributed by atoms with E-state index in [0.29, 0.717) is 38.5 Å². The lowest BCUT2D eigenvalue weighted by molar-refractivity contribution is -0.258. The molecule has 60 heavy (non-hydrogen) atoms. The number of allylic oxidation sites excluding steroid dienone is 5. The maximum atomic E-state index is 15.2. The van der Waals surface area contributed by atoms with Gasteiger partial charge in [0.1, 0.15) is 22.2 Å². The van der Waals surface area contributed by atoms with Gasteiger partial charge in [-0.05, 0) is 83.0 Å². The monoisotopic (exact) mass is 888 g/mol. The van der Waals surface area contributed by atoms with Crippen molar-refractivity contribution < 1.29 is 48.7 Å². The van der Waals surface area contributed by atoms with E-state index >= 15 is 4.79 Å². The number of ketones is 1. The number of aromatic nitrogens is 1. The quantitative estimate of drug-likeness (QED) is 0.101. The van der Waals surface area contributed by atoms with Crippen LogP contribution in [0.5, 0.6) is 0 Å². The van der Waals surface area contributed by atoms with E-state index in [4.69, 9.17) is 49.0 Å². The van der Waals surface area contributed by atoms with Gasteiger partial charge < -0.3 is 39.8 Å². The number of carboxylic acid groups (broad SMARTS) is 1. The lowest BCUT2D eigenvalue weighted by atomic mass is 9.51. The summed E-state index contributed by atoms with van der Waals surface area (Å²) in [6, 6.07) is -0.808. The number of amides is 1. The second kappa shape index (κ2) is 16.7. The van der Waals surface area contributed by atoms with Crippen LogP contribution in [0.15, 0.2) is 58.9 Å². The normalized spacial score (nSPS) is 41.8. The Balaban J connectivity index is 1.22. The van der Waals surface area contributed by atoms with E-state index in [0.717, 1.165) is 5.57 Å². The molecule has 13 unspecified atom stereocenters. The lowest BCUT2D eigenvalue weighted by Crippen LogP contribution is -2.58. The fourth-order valence-electron chi connectivity index (χ4n) is 11.4. The van der Waals surface area contributed by atoms with Crippen molar-refractivity contribution >= 4 is 58.4 Å². The molecule has 3 fully saturated rings. The molecule has 326 valence electrons. The number of fused-ring (bicyclic) bond motifs is 4. The van der Waals surface area contributed by atoms with Crippen LogP contribution in [0.25, 0.3) is 0 Å². The van der Waals surface area contributed by atoms with Crippen molar-refractivity contribution in [3.63, 3.8) is 0 Å². The molecule has 2 saturated heterocycles. The van der Waals surface area contributed by atoms with Crippen molar-refractivity contribution in [3.05, 3.63) is 79.8 Å². The van der Waals surface area contributed by atoms with Crippen molar-refractivity contribution in [1.82, 2.24) is 10.3 Å². The van der Waals surface area contributed by atoms with Gasteiger partial charge in [-0.15, -0.1) is 0 Å². The van der Waals surface area contributed by atoms with Gasteiger partial charge in [-0.1, -0.05) is 97.6 Å². The molecule has 1 spiro atoms. The molecule has 1 aromatic rings. The highest BCUT2D eigenvalue weighted by Gasteiger charge is 2.67. The Hall–Kier alpha value is -3.39. The summed E-state index contributed by atoms with van der Waals surface area (Å²) in [5.74, 6) is -4.87. The summed E-state index contributed by atoms with van der Waals surface area (Å²) in [4.78, 5) is 57.8. The molecule has 7 rings (SSSR count). The first kappa shape index (κ1) is 44.7. The molecule has 4 aliphatic carbocycles. The molecule has 0 radical (unpaired) electrons. The number of hydrogen-bond donors (Lipinski definition) is 5. The number of carbonyl (C=O) groups is 4. The van der Waals surface area contributed by atoms with Gasteiger partial charge in [0.25, 0.3) is 5.91 Å². The predicted octanol–water partition coefficient (Wildman–Crippen LogP) is 8.62. The van der Waals surface area contributed by atoms with E-state index in [9.17, 15) is 29.7 Å². The Morgan fingerprint density at radius 3 is 2.43 bits per heavy atom. The van der Waals surface area contributed by atoms with Crippen molar-refractivity contribution in [2.24, 2.45) is 40.4 Å². The first-order valence-electron chi connectivity index (χ1n) is 21.1. The molecule has 6 aliphatic rings. The van der Waals surface area contributed by atoms with Crippen LogP contribution in [0.1, 0.15) is 103 Å². The first-order chi connectivity index (χ1) is 28.3. The number of rotatable bonds is 7. The highest BCUT2D eigenvalue weighted by molar-refractivity contribution is 6.49. The molecule has 15 heteroatoms. The molecule has 2 bridgehead atoms. The Labute approximate surface area is 365 Å². The third-order valence-corrected chi connectivity index (χ3v) is 15.8. The van der Waals surface area contributed by atoms with Gasteiger partial charge in [0.05, 0.1) is 39.8 Å². The highest BCUT2D eigenvalue weighted by Crippen LogP contribution is 2.61. The van der Waals surface area contributed by atoms with Crippen LogP contribution in [0.4, 0.5) is 0 Å². The Kier molecular flexibility index (Phi) is 12.4. The first-order valence-corrected chi connectivity index (χ1v) is 22.2. The van der Waals surface area contributed by atoms with Crippen LogP contribution >= 0.6 is 34.8 Å². The molecule has 2 aliphatic heterocycles. The van der Waals surface area contributed by atoms with Crippen LogP contribution in [0.3, 0.4) is 0 Å². The highest BCUT2D eigenvalue weighted by atomic mass is 35.5. The van der Waals surface area contributed by atoms with Gasteiger partial charge in [0.2, 0.25) is 5.78 Å². The summed E-state index contributed by atoms with van der Waals surface area (Å²) >= 11 is 18.3. The van der Waals surface area contributed by atoms with Gasteiger partial charge in [0.15, 0.2) is 11.9 Å². The van der Waals surface area contributed by atoms with Crippen LogP contribution < -0.4 is 5.32 Å². The number of esters is 1. The average Bonchev–Trinajstić information content (AvgIpc) is 3.61. The lowest BCUT2D eigenvalue weighted by Gasteiger charge is -2.55. The molecule has 1 aromatic heterocycles. The molecule has 0 aromatic carbocycles. The summed E-state index contributed by atoms with van der Waals surface area (Å²) in [5.41, 5.74) is -3.47. The topological polar surface area (TPSA) is 184 Å². The summed E-state index contributed by atoms with van der Waals surface area (Å²) in [6.45, 7) is 11.3. The number of H-pyrrole nitrogens is 1. The zero-order valence-corrected chi connectivity index (χ0v) is 37.0. The van der Waals surface area contributed by atoms with Crippen LogP contribution in [-0.4, -0.2) is 80.2 Å². The van der Waals surface area contributed by atoms with Crippen molar-refractivity contribution in [2.45, 2.75) is 129 Å². The number of Topliss-reactive ketones (excluding diaryl/α,β-unsaturated/α-hetero) is 1. The van der Waals surface area contributed by atoms with Gasteiger partial charge in [-0.25, -0.2) is 9.59 Å². The van der Waals surface area contributed by atoms with Crippen LogP contribution in [0.2, 0.25) is 15.2 Å². The smallest absolute Gasteiger partial charge is 0.346 e. The Bertz CT molecular complexity index is 2100. The molecule has 1 saturated carbocycles. The summed E-state index contributed by atoms with van der Waals surface area (Å²) in [5, 5.41) is 37.2. The fourth-order valence-corrected chi connectivity index (χ4v) is 12.0. The number of carboxylic acids is 1. The van der Waals surface area contributed by atoms with Crippen molar-refractivity contribution in [2.75, 3.05) is 0 Å². The van der Waals surface area contributed by atoms with E-state index in [-0.39, 0.29) is 74.3 Å². The second-order valence-electron chi connectivity index (χ2n) is 17.9. The third kappa shape index (κ3) is 7.20. The van der Waals surface area contributed by atoms with Gasteiger partial charge >= 0.3 is 11.9 Å². The van der Waals surface area contributed by atoms with Crippen molar-refractivity contribution in [3.8, 4) is 0 Å². The Morgan fingerprint density at radius 2 is 1.80 bits per heavy atom. The zero-order valence-electron chi connectivity index (χ0n) is 34.7. The molecule has 5 N–H and O–H groups in total. The minimum absolute atomic E-state index is 0.0167. The number of nitrogens with one attached hydrogen (secondary N) is 2. The number of carbonyl (C=O) groups excluding carboxylic acids is 3. The van der Waals surface area contributed by atoms with Gasteiger partial charge in [0, 0.05) is 29.7 Å². The SMILES string of the molecule is CCC1CC23OC(=O)/C(=C(\O)C4(CC)C(C=CC5C(OC6CC(O)C(NC(=O)c7[nH]c(Cl)c(Cl)c7Cl)C(C)O6)C(C)CCC54)C/C=C/C/C(C)=C/C2(C)C=C1C(=O)O)C3=O. The number of aliphatic hydroxyl groups excluding tert-OH is 2. The van der Waals surface area contributed by atoms with E-state index in [1.807, 2.05) is 26.8 Å². The molecule has 3 heterocycles. The minimum Gasteiger partial charge on any atom is -0.511 e. The van der Waals surface area contributed by atoms with Gasteiger partial charge in [-0.2, -0.15) is 0 Å². The average molecular weight is 890 g/mol. The summed E-state index contributed by atoms with van der Waals surface area (Å²) < 4.78 is 19.4. The number of aliphatic hydroxyl groups is 2. The molecular weight excluding hydrogens is 835 g/mol. The molecule has 12 nitrogen and oxygen atoms in total. The number of aliphatic carboxylic acids is 1. The summed E-state index contributed by atoms with van der Waals surface area (Å²) in [7, 11) is 0. The van der Waals surface area contributed by atoms with E-state index in [1.54, 1.807) is 19.9 Å². The predicted molar refractivity (Wildman–Crippen MR) is 225 cm³/mol. The summed E-state index contributed by atoms with van der Waals surface area (Å²) in [6.07, 6.45) is 12.1. The molecule has 13 atom stereocenters. The maximum absolute atomic E-state index is 15.2. The number of hydrogen-bond acceptors (Lipinski definition) is 9. The second-order valence-corrected chi connectivity index (χ2v) is 19.0. The number of aromatic amines is 1. The number of halogens is 3. The van der Waals surface area contributed by atoms with Crippen molar-refractivity contribution in [1.29, 1.82) is 0 Å². The van der Waals surface area contributed by atoms with E-state index in [1.165, 1.54) is 0 Å². The minimum atomic E-state index is -1.76. The maximum Gasteiger partial charge on any atom is 0.346 e. The van der Waals surface area contributed by atoms with Gasteiger partial charge in [-0.3, -0.25) is 9.59 Å². The largest absolute Gasteiger partial charge is 0.511 e. The standard InChI is InChI=1S/C45H55Cl3N2O10/c1-7-24-19-45-38(53)31(42(57)60-45)37(52)44(8-2)25(12-10-9-11-21(3)18-43(45,6)20-27(24)41(55)56)14-15-26-28(44)16-13-22(4)36(26)59-30-17-29(51)34(23(5)58-30)50-40(54)35-32(46)33(47)39(48)49-35/h9-10,14-15,18,20,22-26,28-30,34,36,49,51-52H,7-8,11-13,16-17,19H2,1-6H3,(H,50,54)(H,55,56)/b10-9+,21-18+,37-31-. The Morgan fingerprint density at radius 1 is 1.07 bits per heavy atom.